The number of nitrogens with zero attached hydrogens (tertiary/aromatic N) is 3. The number of aliphatic hydroxyl groups excluding tert-OH is 2. The van der Waals surface area contributed by atoms with Crippen molar-refractivity contribution < 1.29 is 47.9 Å². The van der Waals surface area contributed by atoms with E-state index < -0.39 is 29.7 Å². The minimum atomic E-state index is -1.56. The number of rotatable bonds is 25. The second kappa shape index (κ2) is 25.1. The number of aliphatic hydroxyl groups is 2. The van der Waals surface area contributed by atoms with Crippen LogP contribution >= 0.6 is 0 Å². The largest absolute Gasteiger partial charge is 0.487 e. The van der Waals surface area contributed by atoms with Gasteiger partial charge in [-0.05, 0) is 109 Å². The fourth-order valence-electron chi connectivity index (χ4n) is 10.5. The molecule has 6 atom stereocenters. The first-order chi connectivity index (χ1) is 34.8. The molecule has 5 aromatic rings. The predicted molar refractivity (Wildman–Crippen MR) is 269 cm³/mol. The van der Waals surface area contributed by atoms with Crippen molar-refractivity contribution >= 4 is 11.8 Å². The molecule has 2 heterocycles. The first-order valence-electron chi connectivity index (χ1n) is 24.9. The molecule has 0 bridgehead atoms. The maximum Gasteiger partial charge on any atom is 0.410 e. The Morgan fingerprint density at radius 1 is 0.859 bits per heavy atom. The average Bonchev–Trinajstić information content (AvgIpc) is 3.39. The molecule has 13 heteroatoms. The number of halogens is 1. The molecule has 1 amide bonds. The van der Waals surface area contributed by atoms with Crippen molar-refractivity contribution in [1.29, 1.82) is 0 Å². The number of carbonyl (C=O) groups is 1. The molecule has 0 radical (unpaired) electrons. The summed E-state index contributed by atoms with van der Waals surface area (Å²) in [6.45, 7) is 7.17. The fraction of sp³-hybridized carbons (Fsp3) is 0.397. The Morgan fingerprint density at radius 3 is 2.31 bits per heavy atom. The van der Waals surface area contributed by atoms with E-state index in [0.717, 1.165) is 59.3 Å². The number of aromatic nitrogens is 1. The van der Waals surface area contributed by atoms with E-state index in [-0.39, 0.29) is 77.0 Å². The normalized spacial score (nSPS) is 21.5. The number of unbranched alkanes of at least 4 members (excludes halogenated alkanes) is 2. The molecule has 1 fully saturated rings. The molecule has 12 nitrogen and oxygen atoms in total. The zero-order valence-corrected chi connectivity index (χ0v) is 40.6. The van der Waals surface area contributed by atoms with Gasteiger partial charge in [0.05, 0.1) is 37.1 Å². The molecule has 374 valence electrons. The summed E-state index contributed by atoms with van der Waals surface area (Å²) in [5.74, 6) is -1.60. The summed E-state index contributed by atoms with van der Waals surface area (Å²) in [7, 11) is 0. The lowest BCUT2D eigenvalue weighted by Crippen LogP contribution is -2.70. The molecule has 1 saturated carbocycles. The van der Waals surface area contributed by atoms with Gasteiger partial charge in [0.25, 0.3) is 0 Å². The first kappa shape index (κ1) is 51.0. The number of ether oxygens (including phenoxy) is 5. The van der Waals surface area contributed by atoms with Gasteiger partial charge in [0.2, 0.25) is 5.79 Å². The summed E-state index contributed by atoms with van der Waals surface area (Å²) in [4.78, 5) is 27.6. The van der Waals surface area contributed by atoms with Crippen LogP contribution in [0.2, 0.25) is 0 Å². The Morgan fingerprint density at radius 2 is 1.59 bits per heavy atom. The zero-order valence-electron chi connectivity index (χ0n) is 40.6. The van der Waals surface area contributed by atoms with E-state index in [0.29, 0.717) is 42.2 Å². The summed E-state index contributed by atoms with van der Waals surface area (Å²) in [6, 6.07) is 36.5. The fourth-order valence-corrected chi connectivity index (χ4v) is 10.5. The van der Waals surface area contributed by atoms with E-state index in [9.17, 15) is 14.6 Å². The highest BCUT2D eigenvalue weighted by Gasteiger charge is 2.65. The molecule has 4 aromatic carbocycles. The third-order valence-corrected chi connectivity index (χ3v) is 13.7. The first-order valence-corrected chi connectivity index (χ1v) is 24.9. The summed E-state index contributed by atoms with van der Waals surface area (Å²) < 4.78 is 47.6. The van der Waals surface area contributed by atoms with Crippen LogP contribution in [0, 0.1) is 30.5 Å². The van der Waals surface area contributed by atoms with Crippen molar-refractivity contribution in [1.82, 2.24) is 9.88 Å². The predicted octanol–water partition coefficient (Wildman–Crippen LogP) is 10.8. The van der Waals surface area contributed by atoms with Crippen molar-refractivity contribution in [2.45, 2.75) is 96.0 Å². The molecule has 2 aliphatic carbocycles. The van der Waals surface area contributed by atoms with Gasteiger partial charge < -0.3 is 38.7 Å². The molecule has 8 rings (SSSR count). The molecule has 1 aliphatic heterocycles. The third-order valence-electron chi connectivity index (χ3n) is 13.7. The van der Waals surface area contributed by atoms with Crippen molar-refractivity contribution in [3.05, 3.63) is 185 Å². The summed E-state index contributed by atoms with van der Waals surface area (Å²) in [6.07, 6.45) is 7.85. The van der Waals surface area contributed by atoms with Crippen LogP contribution in [-0.2, 0) is 45.4 Å². The lowest BCUT2D eigenvalue weighted by Gasteiger charge is -2.59. The molecular formula is C58H66FN3O9. The van der Waals surface area contributed by atoms with Gasteiger partial charge in [0.15, 0.2) is 0 Å². The molecule has 0 unspecified atom stereocenters. The number of amides is 1. The van der Waals surface area contributed by atoms with E-state index in [2.05, 4.69) is 23.7 Å². The second-order valence-electron chi connectivity index (χ2n) is 18.5. The van der Waals surface area contributed by atoms with Crippen LogP contribution in [0.3, 0.4) is 0 Å². The maximum absolute atomic E-state index is 15.0. The van der Waals surface area contributed by atoms with Gasteiger partial charge in [-0.15, -0.1) is 6.58 Å². The van der Waals surface area contributed by atoms with Crippen LogP contribution in [0.1, 0.15) is 84.5 Å². The number of pyridine rings is 1. The minimum Gasteiger partial charge on any atom is -0.487 e. The number of benzene rings is 4. The minimum absolute atomic E-state index is 0.0125. The van der Waals surface area contributed by atoms with Crippen LogP contribution in [0.25, 0.3) is 0 Å². The highest BCUT2D eigenvalue weighted by atomic mass is 19.1. The van der Waals surface area contributed by atoms with Gasteiger partial charge in [0, 0.05) is 43.4 Å². The topological polar surface area (TPSA) is 141 Å². The lowest BCUT2D eigenvalue weighted by atomic mass is 9.55. The monoisotopic (exact) mass is 967 g/mol. The van der Waals surface area contributed by atoms with Gasteiger partial charge in [0.1, 0.15) is 43.2 Å². The van der Waals surface area contributed by atoms with E-state index in [1.807, 2.05) is 97.9 Å². The molecular weight excluding hydrogens is 902 g/mol. The number of oxime groups is 1. The lowest BCUT2D eigenvalue weighted by molar-refractivity contribution is -0.256. The summed E-state index contributed by atoms with van der Waals surface area (Å²) in [5.41, 5.74) is 6.73. The molecule has 0 spiro atoms. The molecule has 71 heavy (non-hydrogen) atoms. The van der Waals surface area contributed by atoms with Crippen LogP contribution < -0.4 is 9.47 Å². The van der Waals surface area contributed by atoms with Crippen LogP contribution in [0.4, 0.5) is 9.18 Å². The average molecular weight is 968 g/mol. The van der Waals surface area contributed by atoms with Crippen molar-refractivity contribution in [3.8, 4) is 11.5 Å². The molecule has 3 aliphatic rings. The third kappa shape index (κ3) is 12.8. The van der Waals surface area contributed by atoms with Crippen LogP contribution in [0.15, 0.2) is 151 Å². The number of hydrogen-bond acceptors (Lipinski definition) is 11. The smallest absolute Gasteiger partial charge is 0.410 e. The highest BCUT2D eigenvalue weighted by molar-refractivity contribution is 6.03. The van der Waals surface area contributed by atoms with Crippen LogP contribution in [0.5, 0.6) is 11.5 Å². The second-order valence-corrected chi connectivity index (χ2v) is 18.5. The number of fused-ring (bicyclic) bond motifs is 2. The Kier molecular flexibility index (Phi) is 18.1. The highest BCUT2D eigenvalue weighted by Crippen LogP contribution is 2.62. The Labute approximate surface area is 416 Å². The van der Waals surface area contributed by atoms with Crippen LogP contribution in [-0.4, -0.2) is 76.8 Å². The standard InChI is InChI=1S/C58H66FN3O9/c1-3-31-69-58-54(62(37-42-23-25-46(59)26-24-42)57(65)67-33-32-66-38-43-16-6-4-7-17-43)36-52(61-70-39-44-18-8-5-9-19-44)50-34-45(20-10-12-29-63)49(22-11-13-30-64)55(56(50)58)51-35-48(27-28-53(51)71-58)68-40-47-21-14-15-41(2)60-47/h3-9,14-19,21,23-28,34-35,45,49,54-56,63-64H,1,10-13,20,22,29-33,36-40H2,2H3/t45-,49+,54-,55+,56+,58+/m0/s1. The quantitative estimate of drug-likeness (QED) is 0.0330. The zero-order chi connectivity index (χ0) is 49.4. The van der Waals surface area contributed by atoms with Crippen molar-refractivity contribution in [3.63, 3.8) is 0 Å². The van der Waals surface area contributed by atoms with Crippen molar-refractivity contribution in [2.75, 3.05) is 33.0 Å². The Bertz CT molecular complexity index is 2560. The van der Waals surface area contributed by atoms with E-state index >= 15 is 4.79 Å². The number of hydrogen-bond donors (Lipinski definition) is 2. The van der Waals surface area contributed by atoms with E-state index in [1.165, 1.54) is 12.1 Å². The maximum atomic E-state index is 15.0. The van der Waals surface area contributed by atoms with Gasteiger partial charge in [-0.2, -0.15) is 0 Å². The number of carbonyl (C=O) groups excluding carboxylic acids is 1. The Balaban J connectivity index is 1.27. The summed E-state index contributed by atoms with van der Waals surface area (Å²) >= 11 is 0. The number of allylic oxidation sites excluding steroid dienone is 1. The number of aryl methyl sites for hydroxylation is 1. The van der Waals surface area contributed by atoms with Gasteiger partial charge in [-0.25, -0.2) is 9.18 Å². The van der Waals surface area contributed by atoms with E-state index in [4.69, 9.17) is 33.7 Å². The Hall–Kier alpha value is -6.38. The van der Waals surface area contributed by atoms with Gasteiger partial charge in [-0.1, -0.05) is 109 Å². The van der Waals surface area contributed by atoms with Gasteiger partial charge in [-0.3, -0.25) is 9.88 Å². The summed E-state index contributed by atoms with van der Waals surface area (Å²) in [5, 5.41) is 25.1. The van der Waals surface area contributed by atoms with E-state index in [1.54, 1.807) is 23.1 Å². The van der Waals surface area contributed by atoms with Gasteiger partial charge >= 0.3 is 6.09 Å². The van der Waals surface area contributed by atoms with Crippen molar-refractivity contribution in [2.24, 2.45) is 22.9 Å². The molecule has 0 saturated heterocycles. The molecule has 2 N–H and O–H groups in total. The molecule has 1 aromatic heterocycles. The SMILES string of the molecule is C=CCO[C@@]12Oc3ccc(OCc4cccc(C)n4)cc3[C@H]3[C@H](CCCCO)[C@@H](CCCCO)C=C(C(=NOCc4ccccc4)C[C@@H]1N(Cc1ccc(F)cc1)C(=O)OCCOCc1ccccc1)[C@H]32.